The van der Waals surface area contributed by atoms with Crippen molar-refractivity contribution in [3.63, 3.8) is 0 Å². The molecule has 19 heavy (non-hydrogen) atoms. The van der Waals surface area contributed by atoms with Gasteiger partial charge in [-0.05, 0) is 6.92 Å². The van der Waals surface area contributed by atoms with E-state index in [1.807, 2.05) is 6.92 Å². The van der Waals surface area contributed by atoms with Crippen molar-refractivity contribution in [1.82, 2.24) is 14.1 Å². The third kappa shape index (κ3) is 2.90. The zero-order valence-corrected chi connectivity index (χ0v) is 12.9. The van der Waals surface area contributed by atoms with Crippen molar-refractivity contribution in [2.45, 2.75) is 24.2 Å². The fraction of sp³-hybridized carbons (Fsp3) is 0.700. The third-order valence-electron chi connectivity index (χ3n) is 2.89. The smallest absolute Gasteiger partial charge is 0.261 e. The van der Waals surface area contributed by atoms with E-state index in [1.165, 1.54) is 15.2 Å². The van der Waals surface area contributed by atoms with Crippen LogP contribution >= 0.6 is 23.2 Å². The van der Waals surface area contributed by atoms with Crippen molar-refractivity contribution in [1.29, 1.82) is 0 Å². The zero-order valence-electron chi connectivity index (χ0n) is 10.6. The number of ether oxygens (including phenoxy) is 1. The van der Waals surface area contributed by atoms with Crippen LogP contribution in [-0.4, -0.2) is 53.7 Å². The first-order chi connectivity index (χ1) is 8.86. The molecule has 2 unspecified atom stereocenters. The van der Waals surface area contributed by atoms with Gasteiger partial charge < -0.3 is 4.74 Å². The van der Waals surface area contributed by atoms with Crippen LogP contribution in [0.5, 0.6) is 0 Å². The normalized spacial score (nSPS) is 25.7. The Labute approximate surface area is 122 Å². The highest BCUT2D eigenvalue weighted by molar-refractivity contribution is 7.89. The number of morpholine rings is 1. The predicted molar refractivity (Wildman–Crippen MR) is 72.0 cm³/mol. The van der Waals surface area contributed by atoms with E-state index in [9.17, 15) is 8.42 Å². The number of alkyl halides is 1. The lowest BCUT2D eigenvalue weighted by Gasteiger charge is -2.35. The highest BCUT2D eigenvalue weighted by Crippen LogP contribution is 2.26. The molecule has 1 fully saturated rings. The van der Waals surface area contributed by atoms with E-state index < -0.39 is 10.0 Å². The van der Waals surface area contributed by atoms with Crippen LogP contribution in [0.25, 0.3) is 0 Å². The lowest BCUT2D eigenvalue weighted by molar-refractivity contribution is -0.0424. The number of aromatic nitrogens is 2. The molecule has 0 amide bonds. The zero-order chi connectivity index (χ0) is 14.2. The van der Waals surface area contributed by atoms with E-state index in [0.717, 1.165) is 0 Å². The molecule has 0 aromatic carbocycles. The molecule has 1 aliphatic rings. The lowest BCUT2D eigenvalue weighted by atomic mass is 10.3. The molecule has 0 saturated carbocycles. The van der Waals surface area contributed by atoms with Gasteiger partial charge >= 0.3 is 0 Å². The van der Waals surface area contributed by atoms with Gasteiger partial charge in [-0.3, -0.25) is 4.68 Å². The molecule has 2 heterocycles. The topological polar surface area (TPSA) is 64.4 Å². The number of aryl methyl sites for hydroxylation is 1. The van der Waals surface area contributed by atoms with Crippen LogP contribution in [-0.2, 0) is 21.8 Å². The van der Waals surface area contributed by atoms with Crippen LogP contribution in [0.1, 0.15) is 6.92 Å². The van der Waals surface area contributed by atoms with Gasteiger partial charge in [-0.1, -0.05) is 11.6 Å². The van der Waals surface area contributed by atoms with Crippen LogP contribution < -0.4 is 0 Å². The predicted octanol–water partition coefficient (Wildman–Crippen LogP) is 1.09. The summed E-state index contributed by atoms with van der Waals surface area (Å²) in [7, 11) is -2.15. The Morgan fingerprint density at radius 2 is 2.21 bits per heavy atom. The second kappa shape index (κ2) is 5.57. The summed E-state index contributed by atoms with van der Waals surface area (Å²) in [5.74, 6) is 0.246. The molecule has 2 atom stereocenters. The maximum Gasteiger partial charge on any atom is 0.261 e. The average Bonchev–Trinajstić information content (AvgIpc) is 2.68. The number of rotatable bonds is 3. The van der Waals surface area contributed by atoms with Crippen molar-refractivity contribution in [2.24, 2.45) is 7.05 Å². The summed E-state index contributed by atoms with van der Waals surface area (Å²) in [5, 5.41) is 3.97. The summed E-state index contributed by atoms with van der Waals surface area (Å²) >= 11 is 11.7. The Morgan fingerprint density at radius 1 is 1.53 bits per heavy atom. The van der Waals surface area contributed by atoms with Crippen molar-refractivity contribution < 1.29 is 13.2 Å². The largest absolute Gasteiger partial charge is 0.371 e. The van der Waals surface area contributed by atoms with Gasteiger partial charge in [0.1, 0.15) is 0 Å². The molecule has 2 rings (SSSR count). The summed E-state index contributed by atoms with van der Waals surface area (Å²) in [6.07, 6.45) is 0.795. The Morgan fingerprint density at radius 3 is 2.74 bits per heavy atom. The molecule has 1 aromatic heterocycles. The molecule has 0 aliphatic carbocycles. The molecule has 0 bridgehead atoms. The third-order valence-corrected chi connectivity index (χ3v) is 5.58. The van der Waals surface area contributed by atoms with Gasteiger partial charge in [0, 0.05) is 26.0 Å². The monoisotopic (exact) mass is 327 g/mol. The van der Waals surface area contributed by atoms with E-state index in [2.05, 4.69) is 5.10 Å². The van der Waals surface area contributed by atoms with Gasteiger partial charge in [-0.15, -0.1) is 11.6 Å². The van der Waals surface area contributed by atoms with Crippen molar-refractivity contribution >= 4 is 33.2 Å². The molecule has 6 nitrogen and oxygen atoms in total. The van der Waals surface area contributed by atoms with E-state index in [4.69, 9.17) is 27.9 Å². The van der Waals surface area contributed by atoms with E-state index >= 15 is 0 Å². The maximum atomic E-state index is 12.6. The summed E-state index contributed by atoms with van der Waals surface area (Å²) < 4.78 is 33.3. The summed E-state index contributed by atoms with van der Waals surface area (Å²) in [4.78, 5) is 0. The molecule has 0 spiro atoms. The minimum Gasteiger partial charge on any atom is -0.371 e. The second-order valence-corrected chi connectivity index (χ2v) is 7.04. The number of halogens is 2. The van der Waals surface area contributed by atoms with Crippen molar-refractivity contribution in [3.8, 4) is 0 Å². The quantitative estimate of drug-likeness (QED) is 0.779. The van der Waals surface area contributed by atoms with Crippen LogP contribution in [0.4, 0.5) is 0 Å². The summed E-state index contributed by atoms with van der Waals surface area (Å²) in [6.45, 7) is 2.31. The first kappa shape index (κ1) is 15.1. The fourth-order valence-corrected chi connectivity index (χ4v) is 4.42. The van der Waals surface area contributed by atoms with Gasteiger partial charge in [-0.25, -0.2) is 8.42 Å². The fourth-order valence-electron chi connectivity index (χ4n) is 2.10. The first-order valence-corrected chi connectivity index (χ1v) is 8.10. The van der Waals surface area contributed by atoms with E-state index in [-0.39, 0.29) is 41.2 Å². The van der Waals surface area contributed by atoms with E-state index in [1.54, 1.807) is 7.05 Å². The second-order valence-electron chi connectivity index (χ2n) is 4.47. The van der Waals surface area contributed by atoms with Gasteiger partial charge in [0.05, 0.1) is 23.4 Å². The van der Waals surface area contributed by atoms with Crippen LogP contribution in [0.15, 0.2) is 11.2 Å². The van der Waals surface area contributed by atoms with Crippen molar-refractivity contribution in [2.75, 3.05) is 19.0 Å². The molecule has 0 N–H and O–H groups in total. The molecule has 108 valence electrons. The Hall–Kier alpha value is -0.340. The number of nitrogens with zero attached hydrogens (tertiary/aromatic N) is 3. The average molecular weight is 328 g/mol. The number of hydrogen-bond acceptors (Lipinski definition) is 4. The minimum atomic E-state index is -3.69. The molecular weight excluding hydrogens is 313 g/mol. The highest BCUT2D eigenvalue weighted by Gasteiger charge is 2.36. The van der Waals surface area contributed by atoms with Gasteiger partial charge in [0.15, 0.2) is 5.03 Å². The lowest BCUT2D eigenvalue weighted by Crippen LogP contribution is -2.50. The molecule has 1 saturated heterocycles. The molecule has 0 radical (unpaired) electrons. The molecule has 1 aromatic rings. The molecule has 9 heteroatoms. The minimum absolute atomic E-state index is 0.00316. The molecular formula is C10H15Cl2N3O3S. The molecule has 1 aliphatic heterocycles. The van der Waals surface area contributed by atoms with Crippen LogP contribution in [0, 0.1) is 0 Å². The SMILES string of the molecule is CC1CN(S(=O)(=O)c2c(Cl)cnn2C)CC(CCl)O1. The maximum absolute atomic E-state index is 12.6. The Balaban J connectivity index is 2.34. The van der Waals surface area contributed by atoms with Crippen LogP contribution in [0.2, 0.25) is 5.02 Å². The van der Waals surface area contributed by atoms with E-state index in [0.29, 0.717) is 0 Å². The summed E-state index contributed by atoms with van der Waals surface area (Å²) in [6, 6.07) is 0. The Kier molecular flexibility index (Phi) is 4.42. The summed E-state index contributed by atoms with van der Waals surface area (Å²) in [5.41, 5.74) is 0. The number of sulfonamides is 1. The van der Waals surface area contributed by atoms with Crippen LogP contribution in [0.3, 0.4) is 0 Å². The standard InChI is InChI=1S/C10H15Cl2N3O3S/c1-7-5-15(6-8(3-11)18-7)19(16,17)10-9(12)4-13-14(10)2/h4,7-8H,3,5-6H2,1-2H3. The van der Waals surface area contributed by atoms with Crippen molar-refractivity contribution in [3.05, 3.63) is 11.2 Å². The van der Waals surface area contributed by atoms with Gasteiger partial charge in [0.2, 0.25) is 0 Å². The first-order valence-electron chi connectivity index (χ1n) is 5.75. The van der Waals surface area contributed by atoms with Gasteiger partial charge in [0.25, 0.3) is 10.0 Å². The highest BCUT2D eigenvalue weighted by atomic mass is 35.5. The Bertz CT molecular complexity index is 541. The number of hydrogen-bond donors (Lipinski definition) is 0. The van der Waals surface area contributed by atoms with Gasteiger partial charge in [-0.2, -0.15) is 9.40 Å².